The number of hydrogen-bond acceptors (Lipinski definition) is 6. The van der Waals surface area contributed by atoms with Crippen molar-refractivity contribution in [1.29, 1.82) is 0 Å². The van der Waals surface area contributed by atoms with E-state index in [2.05, 4.69) is 15.2 Å². The number of carbonyl (C=O) groups is 3. The zero-order chi connectivity index (χ0) is 17.9. The molecule has 0 saturated carbocycles. The van der Waals surface area contributed by atoms with Gasteiger partial charge in [0.05, 0.1) is 19.8 Å². The molecule has 2 aromatic rings. The van der Waals surface area contributed by atoms with Crippen LogP contribution >= 0.6 is 0 Å². The Hall–Kier alpha value is -3.36. The Bertz CT molecular complexity index is 812. The first-order valence-electron chi connectivity index (χ1n) is 6.80. The summed E-state index contributed by atoms with van der Waals surface area (Å²) in [6.07, 6.45) is 0. The molecule has 3 N–H and O–H groups in total. The first kappa shape index (κ1) is 17.0. The fourth-order valence-electron chi connectivity index (χ4n) is 2.16. The van der Waals surface area contributed by atoms with Crippen molar-refractivity contribution in [2.24, 2.45) is 12.8 Å². The lowest BCUT2D eigenvalue weighted by atomic mass is 10.1. The number of benzene rings is 1. The average molecular weight is 332 g/mol. The van der Waals surface area contributed by atoms with Crippen molar-refractivity contribution < 1.29 is 23.9 Å². The molecule has 1 aromatic carbocycles. The molecule has 0 fully saturated rings. The molecule has 1 heterocycles. The summed E-state index contributed by atoms with van der Waals surface area (Å²) in [5, 5.41) is 6.35. The molecule has 0 spiro atoms. The predicted molar refractivity (Wildman–Crippen MR) is 84.0 cm³/mol. The number of para-hydroxylation sites is 1. The van der Waals surface area contributed by atoms with Crippen LogP contribution in [0.25, 0.3) is 0 Å². The standard InChI is InChI=1S/C15H16N4O5/c1-19-12(15(22)24-3)10(11(18-19)13(16)20)17-14(21)8-6-4-5-7-9(8)23-2/h4-7H,1-3H3,(H2,16,20)(H,17,21). The zero-order valence-corrected chi connectivity index (χ0v) is 13.3. The summed E-state index contributed by atoms with van der Waals surface area (Å²) in [5.41, 5.74) is 5.01. The Morgan fingerprint density at radius 3 is 2.46 bits per heavy atom. The number of esters is 1. The van der Waals surface area contributed by atoms with Gasteiger partial charge in [-0.05, 0) is 12.1 Å². The van der Waals surface area contributed by atoms with Gasteiger partial charge in [-0.15, -0.1) is 0 Å². The van der Waals surface area contributed by atoms with E-state index in [0.717, 1.165) is 4.68 Å². The van der Waals surface area contributed by atoms with Gasteiger partial charge < -0.3 is 20.5 Å². The van der Waals surface area contributed by atoms with Crippen LogP contribution in [0, 0.1) is 0 Å². The Kier molecular flexibility index (Phi) is 4.83. The number of carbonyl (C=O) groups excluding carboxylic acids is 3. The van der Waals surface area contributed by atoms with Crippen molar-refractivity contribution >= 4 is 23.5 Å². The van der Waals surface area contributed by atoms with Gasteiger partial charge in [0.25, 0.3) is 11.8 Å². The topological polar surface area (TPSA) is 126 Å². The normalized spacial score (nSPS) is 10.1. The van der Waals surface area contributed by atoms with E-state index in [1.807, 2.05) is 0 Å². The molecule has 0 unspecified atom stereocenters. The summed E-state index contributed by atoms with van der Waals surface area (Å²) in [7, 11) is 4.02. The Labute approximate surface area is 137 Å². The first-order valence-corrected chi connectivity index (χ1v) is 6.80. The second kappa shape index (κ2) is 6.82. The molecule has 24 heavy (non-hydrogen) atoms. The van der Waals surface area contributed by atoms with Crippen LogP contribution in [-0.4, -0.2) is 41.8 Å². The molecule has 2 rings (SSSR count). The Morgan fingerprint density at radius 1 is 1.21 bits per heavy atom. The third-order valence-corrected chi connectivity index (χ3v) is 3.25. The molecule has 0 saturated heterocycles. The molecular formula is C15H16N4O5. The number of nitrogens with zero attached hydrogens (tertiary/aromatic N) is 2. The molecule has 2 amide bonds. The Balaban J connectivity index is 2.50. The molecule has 0 aliphatic carbocycles. The molecular weight excluding hydrogens is 316 g/mol. The number of aromatic nitrogens is 2. The van der Waals surface area contributed by atoms with Gasteiger partial charge in [-0.3, -0.25) is 14.3 Å². The number of amides is 2. The number of hydrogen-bond donors (Lipinski definition) is 2. The molecule has 9 heteroatoms. The van der Waals surface area contributed by atoms with E-state index < -0.39 is 17.8 Å². The van der Waals surface area contributed by atoms with Crippen LogP contribution in [-0.2, 0) is 11.8 Å². The highest BCUT2D eigenvalue weighted by atomic mass is 16.5. The molecule has 0 bridgehead atoms. The maximum Gasteiger partial charge on any atom is 0.358 e. The summed E-state index contributed by atoms with van der Waals surface area (Å²) in [6, 6.07) is 6.49. The van der Waals surface area contributed by atoms with Crippen LogP contribution in [0.15, 0.2) is 24.3 Å². The number of anilines is 1. The molecule has 0 aliphatic rings. The summed E-state index contributed by atoms with van der Waals surface area (Å²) in [4.78, 5) is 36.0. The quantitative estimate of drug-likeness (QED) is 0.771. The van der Waals surface area contributed by atoms with Crippen LogP contribution in [0.2, 0.25) is 0 Å². The van der Waals surface area contributed by atoms with Crippen molar-refractivity contribution in [2.45, 2.75) is 0 Å². The number of nitrogens with one attached hydrogen (secondary N) is 1. The highest BCUT2D eigenvalue weighted by Crippen LogP contribution is 2.24. The summed E-state index contributed by atoms with van der Waals surface area (Å²) in [6.45, 7) is 0. The van der Waals surface area contributed by atoms with E-state index in [1.54, 1.807) is 18.2 Å². The second-order valence-corrected chi connectivity index (χ2v) is 4.71. The van der Waals surface area contributed by atoms with Crippen molar-refractivity contribution in [3.63, 3.8) is 0 Å². The van der Waals surface area contributed by atoms with Gasteiger partial charge in [-0.25, -0.2) is 4.79 Å². The monoisotopic (exact) mass is 332 g/mol. The van der Waals surface area contributed by atoms with Gasteiger partial charge in [-0.2, -0.15) is 5.10 Å². The summed E-state index contributed by atoms with van der Waals surface area (Å²) < 4.78 is 10.9. The predicted octanol–water partition coefficient (Wildman–Crippen LogP) is 0.566. The molecule has 126 valence electrons. The minimum absolute atomic E-state index is 0.102. The van der Waals surface area contributed by atoms with Crippen molar-refractivity contribution in [2.75, 3.05) is 19.5 Å². The maximum absolute atomic E-state index is 12.5. The first-order chi connectivity index (χ1) is 11.4. The molecule has 0 aliphatic heterocycles. The van der Waals surface area contributed by atoms with E-state index in [9.17, 15) is 14.4 Å². The van der Waals surface area contributed by atoms with Crippen molar-refractivity contribution in [3.05, 3.63) is 41.2 Å². The van der Waals surface area contributed by atoms with Gasteiger partial charge in [0.1, 0.15) is 11.4 Å². The van der Waals surface area contributed by atoms with Gasteiger partial charge in [0.15, 0.2) is 11.4 Å². The van der Waals surface area contributed by atoms with E-state index in [0.29, 0.717) is 5.75 Å². The summed E-state index contributed by atoms with van der Waals surface area (Å²) >= 11 is 0. The van der Waals surface area contributed by atoms with E-state index >= 15 is 0 Å². The molecule has 0 radical (unpaired) electrons. The van der Waals surface area contributed by atoms with Crippen LogP contribution in [0.4, 0.5) is 5.69 Å². The number of aryl methyl sites for hydroxylation is 1. The number of primary amides is 1. The van der Waals surface area contributed by atoms with Crippen molar-refractivity contribution in [3.8, 4) is 5.75 Å². The average Bonchev–Trinajstić information content (AvgIpc) is 2.90. The zero-order valence-electron chi connectivity index (χ0n) is 13.3. The number of methoxy groups -OCH3 is 2. The van der Waals surface area contributed by atoms with Gasteiger partial charge >= 0.3 is 5.97 Å². The molecule has 1 aromatic heterocycles. The largest absolute Gasteiger partial charge is 0.496 e. The third-order valence-electron chi connectivity index (χ3n) is 3.25. The molecule has 9 nitrogen and oxygen atoms in total. The second-order valence-electron chi connectivity index (χ2n) is 4.71. The highest BCUT2D eigenvalue weighted by molar-refractivity contribution is 6.13. The van der Waals surface area contributed by atoms with Gasteiger partial charge in [0, 0.05) is 7.05 Å². The number of ether oxygens (including phenoxy) is 2. The number of rotatable bonds is 5. The lowest BCUT2D eigenvalue weighted by molar-refractivity contribution is 0.0589. The lowest BCUT2D eigenvalue weighted by Gasteiger charge is -2.10. The summed E-state index contributed by atoms with van der Waals surface area (Å²) in [5.74, 6) is -1.92. The number of nitrogens with two attached hydrogens (primary N) is 1. The highest BCUT2D eigenvalue weighted by Gasteiger charge is 2.27. The van der Waals surface area contributed by atoms with Crippen LogP contribution in [0.1, 0.15) is 31.3 Å². The van der Waals surface area contributed by atoms with Crippen molar-refractivity contribution in [1.82, 2.24) is 9.78 Å². The fraction of sp³-hybridized carbons (Fsp3) is 0.200. The van der Waals surface area contributed by atoms with Gasteiger partial charge in [0.2, 0.25) is 0 Å². The smallest absolute Gasteiger partial charge is 0.358 e. The third kappa shape index (κ3) is 3.05. The van der Waals surface area contributed by atoms with Crippen LogP contribution in [0.3, 0.4) is 0 Å². The minimum Gasteiger partial charge on any atom is -0.496 e. The van der Waals surface area contributed by atoms with Crippen LogP contribution < -0.4 is 15.8 Å². The van der Waals surface area contributed by atoms with E-state index in [-0.39, 0.29) is 22.6 Å². The maximum atomic E-state index is 12.5. The minimum atomic E-state index is -0.893. The van der Waals surface area contributed by atoms with Gasteiger partial charge in [-0.1, -0.05) is 12.1 Å². The van der Waals surface area contributed by atoms with E-state index in [4.69, 9.17) is 10.5 Å². The SMILES string of the molecule is COC(=O)c1c(NC(=O)c2ccccc2OC)c(C(N)=O)nn1C. The molecule has 0 atom stereocenters. The lowest BCUT2D eigenvalue weighted by Crippen LogP contribution is -2.20. The van der Waals surface area contributed by atoms with Crippen LogP contribution in [0.5, 0.6) is 5.75 Å². The Morgan fingerprint density at radius 2 is 1.88 bits per heavy atom. The van der Waals surface area contributed by atoms with E-state index in [1.165, 1.54) is 27.3 Å². The fourth-order valence-corrected chi connectivity index (χ4v) is 2.16.